The van der Waals surface area contributed by atoms with Crippen LogP contribution in [0.25, 0.3) is 0 Å². The number of thiophene rings is 1. The van der Waals surface area contributed by atoms with E-state index in [4.69, 9.17) is 4.74 Å². The molecule has 1 heterocycles. The van der Waals surface area contributed by atoms with Crippen LogP contribution in [0, 0.1) is 5.92 Å². The van der Waals surface area contributed by atoms with Gasteiger partial charge in [0.1, 0.15) is 5.00 Å². The number of thioether (sulfide) groups is 1. The van der Waals surface area contributed by atoms with Gasteiger partial charge in [-0.1, -0.05) is 13.0 Å². The molecule has 1 unspecified atom stereocenters. The molecule has 4 nitrogen and oxygen atoms in total. The minimum absolute atomic E-state index is 0.196. The van der Waals surface area contributed by atoms with E-state index < -0.39 is 0 Å². The number of benzene rings is 1. The van der Waals surface area contributed by atoms with E-state index in [9.17, 15) is 9.59 Å². The Bertz CT molecular complexity index is 828. The predicted octanol–water partition coefficient (Wildman–Crippen LogP) is 5.02. The molecule has 0 saturated carbocycles. The predicted molar refractivity (Wildman–Crippen MR) is 108 cm³/mol. The maximum atomic E-state index is 12.7. The van der Waals surface area contributed by atoms with Gasteiger partial charge in [0.2, 0.25) is 0 Å². The largest absolute Gasteiger partial charge is 0.462 e. The van der Waals surface area contributed by atoms with E-state index in [2.05, 4.69) is 12.2 Å². The van der Waals surface area contributed by atoms with Crippen LogP contribution in [-0.4, -0.2) is 24.7 Å². The first-order chi connectivity index (χ1) is 12.5. The zero-order chi connectivity index (χ0) is 18.7. The average Bonchev–Trinajstić information content (AvgIpc) is 2.98. The van der Waals surface area contributed by atoms with Crippen molar-refractivity contribution in [3.8, 4) is 0 Å². The molecule has 26 heavy (non-hydrogen) atoms. The Labute approximate surface area is 162 Å². The molecule has 0 fully saturated rings. The number of amides is 1. The highest BCUT2D eigenvalue weighted by Crippen LogP contribution is 2.40. The minimum atomic E-state index is -0.340. The standard InChI is InChI=1S/C20H23NO3S2/c1-4-24-20(23)17-15-9-8-12(2)10-16(15)26-19(17)21-18(22)13-6-5-7-14(11-13)25-3/h5-7,11-12H,4,8-10H2,1-3H3,(H,21,22). The van der Waals surface area contributed by atoms with E-state index in [0.29, 0.717) is 28.7 Å². The minimum Gasteiger partial charge on any atom is -0.462 e. The Morgan fingerprint density at radius 3 is 2.92 bits per heavy atom. The fraction of sp³-hybridized carbons (Fsp3) is 0.400. The van der Waals surface area contributed by atoms with Crippen molar-refractivity contribution in [2.75, 3.05) is 18.2 Å². The highest BCUT2D eigenvalue weighted by Gasteiger charge is 2.29. The maximum absolute atomic E-state index is 12.7. The molecule has 3 rings (SSSR count). The molecule has 2 aromatic rings. The number of hydrogen-bond donors (Lipinski definition) is 1. The van der Waals surface area contributed by atoms with Gasteiger partial charge in [-0.25, -0.2) is 4.79 Å². The Hall–Kier alpha value is -1.79. The first-order valence-corrected chi connectivity index (χ1v) is 10.8. The second-order valence-corrected chi connectivity index (χ2v) is 8.45. The summed E-state index contributed by atoms with van der Waals surface area (Å²) in [7, 11) is 0. The third kappa shape index (κ3) is 3.96. The number of anilines is 1. The van der Waals surface area contributed by atoms with E-state index in [1.165, 1.54) is 16.2 Å². The van der Waals surface area contributed by atoms with Gasteiger partial charge in [-0.2, -0.15) is 0 Å². The molecule has 1 aromatic carbocycles. The first kappa shape index (κ1) is 19.0. The number of fused-ring (bicyclic) bond motifs is 1. The third-order valence-corrected chi connectivity index (χ3v) is 6.45. The zero-order valence-electron chi connectivity index (χ0n) is 15.3. The van der Waals surface area contributed by atoms with Gasteiger partial charge in [0.05, 0.1) is 12.2 Å². The van der Waals surface area contributed by atoms with Crippen molar-refractivity contribution in [2.24, 2.45) is 5.92 Å². The van der Waals surface area contributed by atoms with Gasteiger partial charge in [0, 0.05) is 15.3 Å². The molecule has 0 saturated heterocycles. The van der Waals surface area contributed by atoms with Crippen LogP contribution in [-0.2, 0) is 17.6 Å². The number of esters is 1. The monoisotopic (exact) mass is 389 g/mol. The zero-order valence-corrected chi connectivity index (χ0v) is 16.9. The smallest absolute Gasteiger partial charge is 0.341 e. The molecule has 1 aliphatic rings. The Morgan fingerprint density at radius 1 is 1.38 bits per heavy atom. The lowest BCUT2D eigenvalue weighted by Crippen LogP contribution is -2.16. The number of carbonyl (C=O) groups is 2. The van der Waals surface area contributed by atoms with E-state index in [1.807, 2.05) is 24.5 Å². The summed E-state index contributed by atoms with van der Waals surface area (Å²) in [5, 5.41) is 3.57. The number of ether oxygens (including phenoxy) is 1. The third-order valence-electron chi connectivity index (χ3n) is 4.55. The van der Waals surface area contributed by atoms with Crippen molar-refractivity contribution in [2.45, 2.75) is 38.0 Å². The molecule has 0 bridgehead atoms. The van der Waals surface area contributed by atoms with Gasteiger partial charge in [-0.15, -0.1) is 23.1 Å². The molecule has 1 aliphatic carbocycles. The molecule has 0 aliphatic heterocycles. The Morgan fingerprint density at radius 2 is 2.19 bits per heavy atom. The second-order valence-electron chi connectivity index (χ2n) is 6.46. The van der Waals surface area contributed by atoms with Crippen LogP contribution >= 0.6 is 23.1 Å². The quantitative estimate of drug-likeness (QED) is 0.576. The molecule has 1 aromatic heterocycles. The lowest BCUT2D eigenvalue weighted by molar-refractivity contribution is 0.0526. The van der Waals surface area contributed by atoms with Crippen LogP contribution in [0.1, 0.15) is 51.4 Å². The van der Waals surface area contributed by atoms with Gasteiger partial charge < -0.3 is 10.1 Å². The van der Waals surface area contributed by atoms with Crippen molar-refractivity contribution in [3.63, 3.8) is 0 Å². The number of carbonyl (C=O) groups excluding carboxylic acids is 2. The highest BCUT2D eigenvalue weighted by atomic mass is 32.2. The van der Waals surface area contributed by atoms with Gasteiger partial charge in [0.25, 0.3) is 5.91 Å². The van der Waals surface area contributed by atoms with Gasteiger partial charge in [-0.3, -0.25) is 4.79 Å². The van der Waals surface area contributed by atoms with Crippen LogP contribution in [0.3, 0.4) is 0 Å². The molecule has 1 N–H and O–H groups in total. The topological polar surface area (TPSA) is 55.4 Å². The molecule has 138 valence electrons. The van der Waals surface area contributed by atoms with E-state index in [1.54, 1.807) is 24.8 Å². The van der Waals surface area contributed by atoms with Crippen LogP contribution in [0.15, 0.2) is 29.2 Å². The van der Waals surface area contributed by atoms with Crippen LogP contribution < -0.4 is 5.32 Å². The van der Waals surface area contributed by atoms with E-state index in [-0.39, 0.29) is 11.9 Å². The summed E-state index contributed by atoms with van der Waals surface area (Å²) in [6, 6.07) is 7.49. The van der Waals surface area contributed by atoms with Crippen LogP contribution in [0.4, 0.5) is 5.00 Å². The normalized spacial score (nSPS) is 16.0. The van der Waals surface area contributed by atoms with Crippen molar-refractivity contribution in [1.29, 1.82) is 0 Å². The van der Waals surface area contributed by atoms with Crippen molar-refractivity contribution < 1.29 is 14.3 Å². The molecular weight excluding hydrogens is 366 g/mol. The molecule has 0 spiro atoms. The summed E-state index contributed by atoms with van der Waals surface area (Å²) in [6.07, 6.45) is 4.84. The summed E-state index contributed by atoms with van der Waals surface area (Å²) >= 11 is 3.11. The SMILES string of the molecule is CCOC(=O)c1c(NC(=O)c2cccc(SC)c2)sc2c1CCC(C)C2. The summed E-state index contributed by atoms with van der Waals surface area (Å²) in [4.78, 5) is 27.5. The summed E-state index contributed by atoms with van der Waals surface area (Å²) in [5.74, 6) is 0.0591. The second kappa shape index (κ2) is 8.27. The van der Waals surface area contributed by atoms with Crippen LogP contribution in [0.5, 0.6) is 0 Å². The molecule has 1 amide bonds. The maximum Gasteiger partial charge on any atom is 0.341 e. The first-order valence-electron chi connectivity index (χ1n) is 8.80. The van der Waals surface area contributed by atoms with Crippen LogP contribution in [0.2, 0.25) is 0 Å². The fourth-order valence-electron chi connectivity index (χ4n) is 3.20. The summed E-state index contributed by atoms with van der Waals surface area (Å²) < 4.78 is 5.26. The average molecular weight is 390 g/mol. The van der Waals surface area contributed by atoms with Crippen molar-refractivity contribution in [1.82, 2.24) is 0 Å². The van der Waals surface area contributed by atoms with Gasteiger partial charge >= 0.3 is 5.97 Å². The number of hydrogen-bond acceptors (Lipinski definition) is 5. The van der Waals surface area contributed by atoms with Crippen molar-refractivity contribution in [3.05, 3.63) is 45.8 Å². The molecule has 1 atom stereocenters. The molecular formula is C20H23NO3S2. The lowest BCUT2D eigenvalue weighted by Gasteiger charge is -2.18. The Kier molecular flexibility index (Phi) is 6.04. The van der Waals surface area contributed by atoms with E-state index in [0.717, 1.165) is 29.7 Å². The van der Waals surface area contributed by atoms with Gasteiger partial charge in [0.15, 0.2) is 0 Å². The van der Waals surface area contributed by atoms with E-state index >= 15 is 0 Å². The number of rotatable bonds is 5. The Balaban J connectivity index is 1.93. The molecule has 6 heteroatoms. The van der Waals surface area contributed by atoms with Gasteiger partial charge in [-0.05, 0) is 62.1 Å². The number of nitrogens with one attached hydrogen (secondary N) is 1. The van der Waals surface area contributed by atoms with Crippen molar-refractivity contribution >= 4 is 40.0 Å². The summed E-state index contributed by atoms with van der Waals surface area (Å²) in [6.45, 7) is 4.34. The highest BCUT2D eigenvalue weighted by molar-refractivity contribution is 7.98. The fourth-order valence-corrected chi connectivity index (χ4v) is 5.05. The summed E-state index contributed by atoms with van der Waals surface area (Å²) in [5.41, 5.74) is 2.19. The molecule has 0 radical (unpaired) electrons. The lowest BCUT2D eigenvalue weighted by atomic mass is 9.88.